The number of hydrogen-bond acceptors (Lipinski definition) is 6. The van der Waals surface area contributed by atoms with Crippen molar-refractivity contribution in [3.63, 3.8) is 0 Å². The molecule has 0 saturated heterocycles. The fourth-order valence-corrected chi connectivity index (χ4v) is 5.23. The highest BCUT2D eigenvalue weighted by Crippen LogP contribution is 2.40. The number of thiazole rings is 1. The number of nitrogens with zero attached hydrogens (tertiary/aromatic N) is 3. The highest BCUT2D eigenvalue weighted by molar-refractivity contribution is 8.02. The van der Waals surface area contributed by atoms with Crippen LogP contribution in [0.15, 0.2) is 32.3 Å². The molecule has 0 unspecified atom stereocenters. The lowest BCUT2D eigenvalue weighted by atomic mass is 10.0. The summed E-state index contributed by atoms with van der Waals surface area (Å²) in [5.41, 5.74) is -2.93. The first kappa shape index (κ1) is 21.1. The predicted molar refractivity (Wildman–Crippen MR) is 95.6 cm³/mol. The summed E-state index contributed by atoms with van der Waals surface area (Å²) in [5.74, 6) is 0. The van der Waals surface area contributed by atoms with Crippen molar-refractivity contribution in [2.75, 3.05) is 0 Å². The Morgan fingerprint density at radius 3 is 2.14 bits per heavy atom. The summed E-state index contributed by atoms with van der Waals surface area (Å²) in [4.78, 5) is 4.16. The molecule has 3 nitrogen and oxygen atoms in total. The van der Waals surface area contributed by atoms with Crippen molar-refractivity contribution >= 4 is 34.4 Å². The Kier molecular flexibility index (Phi) is 6.01. The molecule has 0 fully saturated rings. The Balaban J connectivity index is 1.91. The normalized spacial score (nSPS) is 12.5. The van der Waals surface area contributed by atoms with Gasteiger partial charge in [0.1, 0.15) is 5.01 Å². The van der Waals surface area contributed by atoms with Crippen LogP contribution in [0.1, 0.15) is 29.5 Å². The number of aryl methyl sites for hydroxylation is 1. The lowest BCUT2D eigenvalue weighted by Gasteiger charge is -2.13. The summed E-state index contributed by atoms with van der Waals surface area (Å²) in [5, 5.41) is 10.3. The van der Waals surface area contributed by atoms with E-state index in [0.29, 0.717) is 20.8 Å². The van der Waals surface area contributed by atoms with E-state index in [0.717, 1.165) is 29.2 Å². The molecule has 150 valence electrons. The van der Waals surface area contributed by atoms with E-state index in [1.807, 2.05) is 6.92 Å². The molecule has 2 aromatic heterocycles. The second-order valence-electron chi connectivity index (χ2n) is 5.61. The van der Waals surface area contributed by atoms with Crippen LogP contribution in [-0.4, -0.2) is 15.2 Å². The Labute approximate surface area is 167 Å². The Morgan fingerprint density at radius 2 is 1.57 bits per heavy atom. The minimum Gasteiger partial charge on any atom is -0.229 e. The zero-order valence-corrected chi connectivity index (χ0v) is 16.5. The highest BCUT2D eigenvalue weighted by Gasteiger charge is 2.37. The quantitative estimate of drug-likeness (QED) is 0.397. The van der Waals surface area contributed by atoms with Crippen molar-refractivity contribution in [3.8, 4) is 11.3 Å². The van der Waals surface area contributed by atoms with E-state index >= 15 is 0 Å². The molecule has 0 bridgehead atoms. The number of alkyl halides is 6. The maximum absolute atomic E-state index is 13.0. The summed E-state index contributed by atoms with van der Waals surface area (Å²) in [6.45, 7) is 2.01. The molecule has 0 spiro atoms. The lowest BCUT2D eigenvalue weighted by Crippen LogP contribution is -2.11. The van der Waals surface area contributed by atoms with Crippen LogP contribution in [0, 0.1) is 0 Å². The summed E-state index contributed by atoms with van der Waals surface area (Å²) in [6, 6.07) is 1.44. The summed E-state index contributed by atoms with van der Waals surface area (Å²) in [6.07, 6.45) is -8.10. The van der Waals surface area contributed by atoms with Crippen LogP contribution in [0.5, 0.6) is 0 Å². The lowest BCUT2D eigenvalue weighted by molar-refractivity contribution is -0.143. The molecule has 28 heavy (non-hydrogen) atoms. The third-order valence-electron chi connectivity index (χ3n) is 3.45. The SMILES string of the molecule is CCCc1nnc(Sc2nc(-c3cc(C(F)(F)F)cc(C(F)(F)F)c3)cs2)s1. The van der Waals surface area contributed by atoms with E-state index in [1.165, 1.54) is 28.5 Å². The van der Waals surface area contributed by atoms with Gasteiger partial charge in [-0.1, -0.05) is 18.3 Å². The molecule has 1 aromatic carbocycles. The van der Waals surface area contributed by atoms with Crippen LogP contribution in [-0.2, 0) is 18.8 Å². The van der Waals surface area contributed by atoms with Crippen LogP contribution in [0.3, 0.4) is 0 Å². The molecule has 0 amide bonds. The van der Waals surface area contributed by atoms with Crippen molar-refractivity contribution < 1.29 is 26.3 Å². The molecular weight excluding hydrogens is 444 g/mol. The van der Waals surface area contributed by atoms with Crippen LogP contribution in [0.2, 0.25) is 0 Å². The van der Waals surface area contributed by atoms with Gasteiger partial charge in [-0.05, 0) is 36.4 Å². The van der Waals surface area contributed by atoms with Crippen molar-refractivity contribution in [1.82, 2.24) is 15.2 Å². The smallest absolute Gasteiger partial charge is 0.229 e. The third kappa shape index (κ3) is 5.03. The molecule has 0 aliphatic heterocycles. The first-order valence-corrected chi connectivity index (χ1v) is 10.3. The number of hydrogen-bond donors (Lipinski definition) is 0. The molecule has 0 radical (unpaired) electrons. The Morgan fingerprint density at radius 1 is 0.929 bits per heavy atom. The minimum absolute atomic E-state index is 0.0439. The van der Waals surface area contributed by atoms with E-state index in [4.69, 9.17) is 0 Å². The van der Waals surface area contributed by atoms with Gasteiger partial charge in [0.25, 0.3) is 0 Å². The van der Waals surface area contributed by atoms with Gasteiger partial charge in [0.05, 0.1) is 16.8 Å². The van der Waals surface area contributed by atoms with Gasteiger partial charge < -0.3 is 0 Å². The summed E-state index contributed by atoms with van der Waals surface area (Å²) in [7, 11) is 0. The van der Waals surface area contributed by atoms with E-state index in [1.54, 1.807) is 0 Å². The van der Waals surface area contributed by atoms with Gasteiger partial charge in [0.15, 0.2) is 8.68 Å². The second kappa shape index (κ2) is 7.99. The predicted octanol–water partition coefficient (Wildman–Crippen LogP) is 6.80. The number of rotatable bonds is 5. The number of aromatic nitrogens is 3. The van der Waals surface area contributed by atoms with Crippen molar-refractivity contribution in [1.29, 1.82) is 0 Å². The molecule has 2 heterocycles. The molecule has 3 rings (SSSR count). The topological polar surface area (TPSA) is 38.7 Å². The third-order valence-corrected chi connectivity index (χ3v) is 6.43. The summed E-state index contributed by atoms with van der Waals surface area (Å²) < 4.78 is 79.1. The molecule has 0 atom stereocenters. The maximum atomic E-state index is 13.0. The van der Waals surface area contributed by atoms with Gasteiger partial charge in [0, 0.05) is 17.4 Å². The van der Waals surface area contributed by atoms with E-state index in [2.05, 4.69) is 15.2 Å². The highest BCUT2D eigenvalue weighted by atomic mass is 32.2. The average Bonchev–Trinajstić information content (AvgIpc) is 3.23. The fraction of sp³-hybridized carbons (Fsp3) is 0.312. The molecule has 0 saturated carbocycles. The molecule has 12 heteroatoms. The van der Waals surface area contributed by atoms with Gasteiger partial charge in [-0.25, -0.2) is 4.98 Å². The Hall–Kier alpha value is -1.66. The average molecular weight is 455 g/mol. The standard InChI is InChI=1S/C16H11F6N3S3/c1-2-3-12-24-25-14(27-12)28-13-23-11(7-26-13)8-4-9(15(17,18)19)6-10(5-8)16(20,21)22/h4-7H,2-3H2,1H3. The van der Waals surface area contributed by atoms with Gasteiger partial charge in [-0.2, -0.15) is 26.3 Å². The molecule has 0 aliphatic rings. The van der Waals surface area contributed by atoms with E-state index < -0.39 is 23.5 Å². The van der Waals surface area contributed by atoms with Crippen molar-refractivity contribution in [2.45, 2.75) is 40.8 Å². The zero-order valence-electron chi connectivity index (χ0n) is 14.1. The largest absolute Gasteiger partial charge is 0.416 e. The maximum Gasteiger partial charge on any atom is 0.416 e. The van der Waals surface area contributed by atoms with Gasteiger partial charge in [-0.3, -0.25) is 0 Å². The zero-order chi connectivity index (χ0) is 20.5. The molecule has 3 aromatic rings. The monoisotopic (exact) mass is 455 g/mol. The van der Waals surface area contributed by atoms with Crippen LogP contribution in [0.4, 0.5) is 26.3 Å². The molecule has 0 aliphatic carbocycles. The molecular formula is C16H11F6N3S3. The van der Waals surface area contributed by atoms with Crippen LogP contribution < -0.4 is 0 Å². The van der Waals surface area contributed by atoms with Crippen molar-refractivity contribution in [2.24, 2.45) is 0 Å². The molecule has 0 N–H and O–H groups in total. The van der Waals surface area contributed by atoms with Crippen molar-refractivity contribution in [3.05, 3.63) is 39.7 Å². The summed E-state index contributed by atoms with van der Waals surface area (Å²) >= 11 is 3.67. The number of halogens is 6. The first-order chi connectivity index (χ1) is 13.1. The Bertz CT molecular complexity index is 929. The van der Waals surface area contributed by atoms with Gasteiger partial charge in [-0.15, -0.1) is 21.5 Å². The van der Waals surface area contributed by atoms with E-state index in [9.17, 15) is 26.3 Å². The van der Waals surface area contributed by atoms with E-state index in [-0.39, 0.29) is 17.3 Å². The van der Waals surface area contributed by atoms with Gasteiger partial charge >= 0.3 is 12.4 Å². The number of benzene rings is 1. The minimum atomic E-state index is -4.90. The first-order valence-electron chi connectivity index (χ1n) is 7.82. The van der Waals surface area contributed by atoms with Crippen LogP contribution >= 0.6 is 34.4 Å². The van der Waals surface area contributed by atoms with Crippen LogP contribution in [0.25, 0.3) is 11.3 Å². The fourth-order valence-electron chi connectivity index (χ4n) is 2.21. The van der Waals surface area contributed by atoms with Gasteiger partial charge in [0.2, 0.25) is 0 Å². The second-order valence-corrected chi connectivity index (χ2v) is 9.02.